The highest BCUT2D eigenvalue weighted by Crippen LogP contribution is 2.36. The van der Waals surface area contributed by atoms with Crippen LogP contribution >= 0.6 is 0 Å². The normalized spacial score (nSPS) is 17.1. The molecule has 0 spiro atoms. The number of rotatable bonds is 4. The molecule has 0 radical (unpaired) electrons. The molecular weight excluding hydrogens is 354 g/mol. The predicted octanol–water partition coefficient (Wildman–Crippen LogP) is 1.42. The summed E-state index contributed by atoms with van der Waals surface area (Å²) >= 11 is 0. The van der Waals surface area contributed by atoms with Gasteiger partial charge in [-0.05, 0) is 25.5 Å². The third kappa shape index (κ3) is 3.28. The lowest BCUT2D eigenvalue weighted by molar-refractivity contribution is -0.138. The molecule has 1 saturated heterocycles. The smallest absolute Gasteiger partial charge is 0.340 e. The van der Waals surface area contributed by atoms with Crippen molar-refractivity contribution in [2.75, 3.05) is 26.9 Å². The number of hydrogen-bond donors (Lipinski definition) is 1. The first-order valence-electron chi connectivity index (χ1n) is 8.57. The Kier molecular flexibility index (Phi) is 5.18. The lowest BCUT2D eigenvalue weighted by atomic mass is 10.00. The number of benzene rings is 1. The minimum atomic E-state index is -0.707. The van der Waals surface area contributed by atoms with Gasteiger partial charge in [-0.1, -0.05) is 0 Å². The SMILES string of the molecule is COc1cc2c(C)c(CC(=O)N3CCOC[C@@H]3C)c(=O)oc2c(C=O)c1O. The Labute approximate surface area is 155 Å². The zero-order valence-electron chi connectivity index (χ0n) is 15.4. The second-order valence-corrected chi connectivity index (χ2v) is 6.52. The molecule has 1 aromatic carbocycles. The Morgan fingerprint density at radius 1 is 1.48 bits per heavy atom. The largest absolute Gasteiger partial charge is 0.504 e. The second-order valence-electron chi connectivity index (χ2n) is 6.52. The fraction of sp³-hybridized carbons (Fsp3) is 0.421. The van der Waals surface area contributed by atoms with Crippen LogP contribution in [-0.2, 0) is 16.0 Å². The summed E-state index contributed by atoms with van der Waals surface area (Å²) in [6.45, 7) is 4.94. The van der Waals surface area contributed by atoms with Crippen molar-refractivity contribution in [3.05, 3.63) is 33.2 Å². The van der Waals surface area contributed by atoms with Crippen LogP contribution in [0.3, 0.4) is 0 Å². The van der Waals surface area contributed by atoms with Gasteiger partial charge in [0.25, 0.3) is 0 Å². The number of phenolic OH excluding ortho intramolecular Hbond substituents is 1. The van der Waals surface area contributed by atoms with Gasteiger partial charge in [0.1, 0.15) is 5.56 Å². The van der Waals surface area contributed by atoms with Crippen LogP contribution in [0.25, 0.3) is 11.0 Å². The molecule has 0 unspecified atom stereocenters. The Hall–Kier alpha value is -2.87. The van der Waals surface area contributed by atoms with Crippen molar-refractivity contribution in [2.24, 2.45) is 0 Å². The van der Waals surface area contributed by atoms with Gasteiger partial charge in [-0.2, -0.15) is 0 Å². The van der Waals surface area contributed by atoms with Crippen molar-refractivity contribution >= 4 is 23.2 Å². The molecule has 1 aromatic heterocycles. The van der Waals surface area contributed by atoms with E-state index in [1.165, 1.54) is 13.2 Å². The number of carbonyl (C=O) groups is 2. The molecule has 1 fully saturated rings. The number of morpholine rings is 1. The predicted molar refractivity (Wildman–Crippen MR) is 96.5 cm³/mol. The van der Waals surface area contributed by atoms with E-state index < -0.39 is 11.4 Å². The molecule has 0 saturated carbocycles. The van der Waals surface area contributed by atoms with E-state index in [9.17, 15) is 19.5 Å². The van der Waals surface area contributed by atoms with Crippen LogP contribution in [0.2, 0.25) is 0 Å². The van der Waals surface area contributed by atoms with E-state index in [2.05, 4.69) is 0 Å². The number of methoxy groups -OCH3 is 1. The van der Waals surface area contributed by atoms with Gasteiger partial charge >= 0.3 is 5.63 Å². The Bertz CT molecular complexity index is 963. The van der Waals surface area contributed by atoms with Crippen molar-refractivity contribution < 1.29 is 28.6 Å². The number of fused-ring (bicyclic) bond motifs is 1. The van der Waals surface area contributed by atoms with Crippen LogP contribution < -0.4 is 10.4 Å². The van der Waals surface area contributed by atoms with Gasteiger partial charge in [-0.25, -0.2) is 4.79 Å². The molecule has 3 rings (SSSR count). The van der Waals surface area contributed by atoms with Crippen molar-refractivity contribution in [3.63, 3.8) is 0 Å². The average Bonchev–Trinajstić information content (AvgIpc) is 2.65. The fourth-order valence-corrected chi connectivity index (χ4v) is 3.33. The minimum absolute atomic E-state index is 0.0262. The maximum Gasteiger partial charge on any atom is 0.340 e. The van der Waals surface area contributed by atoms with Crippen LogP contribution in [0.1, 0.15) is 28.4 Å². The van der Waals surface area contributed by atoms with Gasteiger partial charge < -0.3 is 23.9 Å². The molecule has 1 N–H and O–H groups in total. The van der Waals surface area contributed by atoms with E-state index >= 15 is 0 Å². The summed E-state index contributed by atoms with van der Waals surface area (Å²) in [6.07, 6.45) is 0.289. The van der Waals surface area contributed by atoms with Crippen LogP contribution in [0.4, 0.5) is 0 Å². The van der Waals surface area contributed by atoms with Gasteiger partial charge in [-0.3, -0.25) is 9.59 Å². The van der Waals surface area contributed by atoms with Crippen LogP contribution in [0, 0.1) is 6.92 Å². The monoisotopic (exact) mass is 375 g/mol. The molecule has 1 aliphatic heterocycles. The number of hydrogen-bond acceptors (Lipinski definition) is 7. The number of aromatic hydroxyl groups is 1. The highest BCUT2D eigenvalue weighted by atomic mass is 16.5. The Morgan fingerprint density at radius 2 is 2.22 bits per heavy atom. The fourth-order valence-electron chi connectivity index (χ4n) is 3.33. The lowest BCUT2D eigenvalue weighted by Crippen LogP contribution is -2.48. The maximum atomic E-state index is 12.7. The molecule has 2 aromatic rings. The molecule has 1 amide bonds. The van der Waals surface area contributed by atoms with Gasteiger partial charge in [0.05, 0.1) is 38.3 Å². The van der Waals surface area contributed by atoms with Crippen LogP contribution in [0.5, 0.6) is 11.5 Å². The number of nitrogens with zero attached hydrogens (tertiary/aromatic N) is 1. The number of carbonyl (C=O) groups excluding carboxylic acids is 2. The zero-order valence-corrected chi connectivity index (χ0v) is 15.4. The summed E-state index contributed by atoms with van der Waals surface area (Å²) in [6, 6.07) is 1.42. The summed E-state index contributed by atoms with van der Waals surface area (Å²) in [5, 5.41) is 10.5. The number of aldehydes is 1. The van der Waals surface area contributed by atoms with Crippen LogP contribution in [-0.4, -0.2) is 55.1 Å². The topological polar surface area (TPSA) is 106 Å². The van der Waals surface area contributed by atoms with E-state index in [4.69, 9.17) is 13.9 Å². The summed E-state index contributed by atoms with van der Waals surface area (Å²) in [7, 11) is 1.36. The first-order valence-corrected chi connectivity index (χ1v) is 8.57. The molecule has 8 nitrogen and oxygen atoms in total. The molecule has 27 heavy (non-hydrogen) atoms. The second kappa shape index (κ2) is 7.40. The lowest BCUT2D eigenvalue weighted by Gasteiger charge is -2.33. The van der Waals surface area contributed by atoms with Crippen LogP contribution in [0.15, 0.2) is 15.3 Å². The van der Waals surface area contributed by atoms with Crippen molar-refractivity contribution in [1.29, 1.82) is 0 Å². The highest BCUT2D eigenvalue weighted by molar-refractivity contribution is 6.00. The minimum Gasteiger partial charge on any atom is -0.504 e. The molecule has 8 heteroatoms. The molecule has 0 bridgehead atoms. The standard InChI is InChI=1S/C19H21NO7/c1-10-9-26-5-4-20(10)16(22)7-13-11(2)12-6-15(25-3)17(23)14(8-21)18(12)27-19(13)24/h6,8,10,23H,4-5,7,9H2,1-3H3/t10-/m0/s1. The van der Waals surface area contributed by atoms with Crippen molar-refractivity contribution in [1.82, 2.24) is 4.90 Å². The molecule has 1 atom stereocenters. The highest BCUT2D eigenvalue weighted by Gasteiger charge is 2.26. The van der Waals surface area contributed by atoms with Crippen molar-refractivity contribution in [3.8, 4) is 11.5 Å². The Morgan fingerprint density at radius 3 is 2.85 bits per heavy atom. The van der Waals surface area contributed by atoms with E-state index in [1.807, 2.05) is 6.92 Å². The van der Waals surface area contributed by atoms with Gasteiger partial charge in [-0.15, -0.1) is 0 Å². The summed E-state index contributed by atoms with van der Waals surface area (Å²) in [5.41, 5.74) is -0.166. The summed E-state index contributed by atoms with van der Waals surface area (Å²) in [5.74, 6) is -0.504. The van der Waals surface area contributed by atoms with E-state index in [1.54, 1.807) is 11.8 Å². The van der Waals surface area contributed by atoms with E-state index in [-0.39, 0.29) is 40.8 Å². The van der Waals surface area contributed by atoms with Crippen molar-refractivity contribution in [2.45, 2.75) is 26.3 Å². The molecule has 2 heterocycles. The maximum absolute atomic E-state index is 12.7. The zero-order chi connectivity index (χ0) is 19.7. The Balaban J connectivity index is 2.09. The first-order chi connectivity index (χ1) is 12.9. The van der Waals surface area contributed by atoms with E-state index in [0.29, 0.717) is 37.0 Å². The molecular formula is C19H21NO7. The van der Waals surface area contributed by atoms with Gasteiger partial charge in [0.15, 0.2) is 23.4 Å². The summed E-state index contributed by atoms with van der Waals surface area (Å²) < 4.78 is 15.7. The number of aryl methyl sites for hydroxylation is 1. The number of phenols is 1. The molecule has 1 aliphatic rings. The van der Waals surface area contributed by atoms with Gasteiger partial charge in [0.2, 0.25) is 5.91 Å². The quantitative estimate of drug-likeness (QED) is 0.636. The molecule has 0 aliphatic carbocycles. The van der Waals surface area contributed by atoms with E-state index in [0.717, 1.165) is 0 Å². The third-order valence-electron chi connectivity index (χ3n) is 4.90. The number of ether oxygens (including phenoxy) is 2. The first kappa shape index (κ1) is 18.9. The van der Waals surface area contributed by atoms with Gasteiger partial charge in [0, 0.05) is 11.9 Å². The molecule has 144 valence electrons. The third-order valence-corrected chi connectivity index (χ3v) is 4.90. The number of amides is 1. The average molecular weight is 375 g/mol. The summed E-state index contributed by atoms with van der Waals surface area (Å²) in [4.78, 5) is 38.3.